The molecular weight excluding hydrogens is 443 g/mol. The zero-order chi connectivity index (χ0) is 24.5. The van der Waals surface area contributed by atoms with Gasteiger partial charge in [0.2, 0.25) is 5.82 Å². The normalized spacial score (nSPS) is 15.9. The number of urea groups is 1. The Labute approximate surface area is 203 Å². The highest BCUT2D eigenvalue weighted by molar-refractivity contribution is 6.01. The van der Waals surface area contributed by atoms with Gasteiger partial charge in [0.1, 0.15) is 5.82 Å². The van der Waals surface area contributed by atoms with Gasteiger partial charge in [-0.05, 0) is 55.2 Å². The maximum Gasteiger partial charge on any atom is 0.326 e. The molecule has 6 nitrogen and oxygen atoms in total. The molecule has 2 heterocycles. The van der Waals surface area contributed by atoms with Gasteiger partial charge in [0, 0.05) is 11.3 Å². The van der Waals surface area contributed by atoms with Crippen molar-refractivity contribution in [1.29, 1.82) is 0 Å². The van der Waals surface area contributed by atoms with Crippen LogP contribution in [0.1, 0.15) is 42.5 Å². The van der Waals surface area contributed by atoms with Crippen LogP contribution in [0.3, 0.4) is 0 Å². The molecule has 0 fully saturated rings. The zero-order valence-electron chi connectivity index (χ0n) is 19.7. The molecule has 3 aromatic carbocycles. The summed E-state index contributed by atoms with van der Waals surface area (Å²) >= 11 is 0. The number of hydrogen-bond donors (Lipinski definition) is 1. The summed E-state index contributed by atoms with van der Waals surface area (Å²) in [6, 6.07) is 21.4. The number of aryl methyl sites for hydroxylation is 2. The van der Waals surface area contributed by atoms with Gasteiger partial charge in [-0.15, -0.1) is 0 Å². The van der Waals surface area contributed by atoms with Crippen LogP contribution in [-0.4, -0.2) is 16.2 Å². The molecule has 1 atom stereocenters. The molecule has 2 amide bonds. The van der Waals surface area contributed by atoms with Gasteiger partial charge in [-0.3, -0.25) is 4.90 Å². The summed E-state index contributed by atoms with van der Waals surface area (Å²) in [7, 11) is 0. The van der Waals surface area contributed by atoms with Crippen molar-refractivity contribution < 1.29 is 13.7 Å². The van der Waals surface area contributed by atoms with Crippen molar-refractivity contribution in [3.63, 3.8) is 0 Å². The molecule has 1 aliphatic rings. The van der Waals surface area contributed by atoms with Crippen molar-refractivity contribution in [2.45, 2.75) is 33.2 Å². The van der Waals surface area contributed by atoms with Crippen LogP contribution < -0.4 is 10.2 Å². The van der Waals surface area contributed by atoms with E-state index in [1.165, 1.54) is 16.5 Å². The summed E-state index contributed by atoms with van der Waals surface area (Å²) in [6.07, 6.45) is 0.945. The first-order valence-corrected chi connectivity index (χ1v) is 11.5. The van der Waals surface area contributed by atoms with Gasteiger partial charge in [-0.25, -0.2) is 9.18 Å². The van der Waals surface area contributed by atoms with Gasteiger partial charge < -0.3 is 9.84 Å². The Bertz CT molecular complexity index is 1410. The van der Waals surface area contributed by atoms with Crippen molar-refractivity contribution in [3.05, 3.63) is 107 Å². The lowest BCUT2D eigenvalue weighted by Gasteiger charge is -2.35. The van der Waals surface area contributed by atoms with Crippen molar-refractivity contribution in [1.82, 2.24) is 15.5 Å². The first-order valence-electron chi connectivity index (χ1n) is 11.5. The van der Waals surface area contributed by atoms with E-state index in [4.69, 9.17) is 9.51 Å². The molecule has 0 saturated heterocycles. The molecule has 176 valence electrons. The highest BCUT2D eigenvalue weighted by atomic mass is 19.1. The van der Waals surface area contributed by atoms with Crippen molar-refractivity contribution in [2.24, 2.45) is 0 Å². The Morgan fingerprint density at radius 3 is 2.46 bits per heavy atom. The molecule has 0 radical (unpaired) electrons. The number of carbonyl (C=O) groups is 1. The van der Waals surface area contributed by atoms with E-state index in [-0.39, 0.29) is 11.8 Å². The smallest absolute Gasteiger partial charge is 0.326 e. The molecule has 1 aliphatic heterocycles. The van der Waals surface area contributed by atoms with Gasteiger partial charge in [-0.1, -0.05) is 66.7 Å². The summed E-state index contributed by atoms with van der Waals surface area (Å²) in [4.78, 5) is 19.5. The van der Waals surface area contributed by atoms with Crippen LogP contribution in [0.15, 0.2) is 83.0 Å². The summed E-state index contributed by atoms with van der Waals surface area (Å²) in [5.74, 6) is 0.455. The highest BCUT2D eigenvalue weighted by Crippen LogP contribution is 2.39. The number of carbonyl (C=O) groups excluding carboxylic acids is 1. The lowest BCUT2D eigenvalue weighted by Crippen LogP contribution is -2.46. The predicted octanol–water partition coefficient (Wildman–Crippen LogP) is 6.45. The standard InChI is InChI=1S/C28H25FN4O2/c1-4-19-10-12-21(13-11-19)26-31-27(35-32-26)24-18(3)33(22-14-15-23(29)17(2)16-22)28(34)30-25(24)20-8-6-5-7-9-20/h5-16,25H,4H2,1-3H3,(H,30,34). The number of halogens is 1. The predicted molar refractivity (Wildman–Crippen MR) is 133 cm³/mol. The molecule has 0 saturated carbocycles. The van der Waals surface area contributed by atoms with Crippen molar-refractivity contribution in [2.75, 3.05) is 4.90 Å². The fourth-order valence-electron chi connectivity index (χ4n) is 4.33. The second-order valence-corrected chi connectivity index (χ2v) is 8.53. The second-order valence-electron chi connectivity index (χ2n) is 8.53. The minimum Gasteiger partial charge on any atom is -0.334 e. The molecular formula is C28H25FN4O2. The number of nitrogens with one attached hydrogen (secondary N) is 1. The number of hydrogen-bond acceptors (Lipinski definition) is 4. The minimum absolute atomic E-state index is 0.315. The number of nitrogens with zero attached hydrogens (tertiary/aromatic N) is 3. The maximum absolute atomic E-state index is 13.9. The third kappa shape index (κ3) is 4.21. The largest absolute Gasteiger partial charge is 0.334 e. The topological polar surface area (TPSA) is 71.3 Å². The van der Waals surface area contributed by atoms with Crippen molar-refractivity contribution >= 4 is 17.3 Å². The SMILES string of the molecule is CCc1ccc(-c2noc(C3=C(C)N(c4ccc(F)c(C)c4)C(=O)NC3c3ccccc3)n2)cc1. The van der Waals surface area contributed by atoms with Crippen molar-refractivity contribution in [3.8, 4) is 11.4 Å². The Balaban J connectivity index is 1.63. The van der Waals surface area contributed by atoms with Crippen LogP contribution in [0.4, 0.5) is 14.9 Å². The number of rotatable bonds is 5. The molecule has 0 aliphatic carbocycles. The quantitative estimate of drug-likeness (QED) is 0.365. The first kappa shape index (κ1) is 22.5. The van der Waals surface area contributed by atoms with Crippen LogP contribution in [0.5, 0.6) is 0 Å². The number of aromatic nitrogens is 2. The second kappa shape index (κ2) is 9.18. The van der Waals surface area contributed by atoms with Crippen LogP contribution in [0.25, 0.3) is 17.0 Å². The molecule has 7 heteroatoms. The summed E-state index contributed by atoms with van der Waals surface area (Å²) in [6.45, 7) is 5.61. The molecule has 1 aromatic heterocycles. The summed E-state index contributed by atoms with van der Waals surface area (Å²) < 4.78 is 19.7. The maximum atomic E-state index is 13.9. The third-order valence-electron chi connectivity index (χ3n) is 6.29. The van der Waals surface area contributed by atoms with Crippen LogP contribution >= 0.6 is 0 Å². The zero-order valence-corrected chi connectivity index (χ0v) is 19.7. The number of allylic oxidation sites excluding steroid dienone is 1. The van der Waals surface area contributed by atoms with E-state index < -0.39 is 6.04 Å². The van der Waals surface area contributed by atoms with Gasteiger partial charge in [-0.2, -0.15) is 4.98 Å². The Kier molecular flexibility index (Phi) is 5.91. The van der Waals surface area contributed by atoms with E-state index >= 15 is 0 Å². The number of anilines is 1. The van der Waals surface area contributed by atoms with Gasteiger partial charge >= 0.3 is 6.03 Å². The molecule has 1 unspecified atom stereocenters. The monoisotopic (exact) mass is 468 g/mol. The number of amides is 2. The molecule has 4 aromatic rings. The molecule has 35 heavy (non-hydrogen) atoms. The van der Waals surface area contributed by atoms with Crippen LogP contribution in [-0.2, 0) is 6.42 Å². The molecule has 5 rings (SSSR count). The lowest BCUT2D eigenvalue weighted by atomic mass is 9.94. The highest BCUT2D eigenvalue weighted by Gasteiger charge is 2.36. The molecule has 0 bridgehead atoms. The van der Waals surface area contributed by atoms with E-state index in [0.717, 1.165) is 17.5 Å². The minimum atomic E-state index is -0.489. The van der Waals surface area contributed by atoms with E-state index in [0.29, 0.717) is 34.2 Å². The summed E-state index contributed by atoms with van der Waals surface area (Å²) in [5, 5.41) is 7.29. The van der Waals surface area contributed by atoms with E-state index in [2.05, 4.69) is 17.4 Å². The fourth-order valence-corrected chi connectivity index (χ4v) is 4.33. The Morgan fingerprint density at radius 1 is 1.03 bits per heavy atom. The Hall–Kier alpha value is -4.26. The van der Waals surface area contributed by atoms with Crippen LogP contribution in [0, 0.1) is 12.7 Å². The third-order valence-corrected chi connectivity index (χ3v) is 6.29. The first-order chi connectivity index (χ1) is 17.0. The number of benzene rings is 3. The van der Waals surface area contributed by atoms with Crippen LogP contribution in [0.2, 0.25) is 0 Å². The molecule has 1 N–H and O–H groups in total. The average Bonchev–Trinajstić information content (AvgIpc) is 3.36. The molecule has 0 spiro atoms. The van der Waals surface area contributed by atoms with Gasteiger partial charge in [0.25, 0.3) is 5.89 Å². The van der Waals surface area contributed by atoms with E-state index in [9.17, 15) is 9.18 Å². The van der Waals surface area contributed by atoms with E-state index in [1.54, 1.807) is 19.1 Å². The summed E-state index contributed by atoms with van der Waals surface area (Å²) in [5.41, 5.74) is 5.27. The lowest BCUT2D eigenvalue weighted by molar-refractivity contribution is 0.244. The van der Waals surface area contributed by atoms with E-state index in [1.807, 2.05) is 61.5 Å². The van der Waals surface area contributed by atoms with Gasteiger partial charge in [0.15, 0.2) is 0 Å². The fraction of sp³-hybridized carbons (Fsp3) is 0.179. The average molecular weight is 469 g/mol. The van der Waals surface area contributed by atoms with Gasteiger partial charge in [0.05, 0.1) is 17.3 Å². The Morgan fingerprint density at radius 2 is 1.77 bits per heavy atom.